The molecule has 0 aliphatic carbocycles. The largest absolute Gasteiger partial charge is 0.206 e. The fourth-order valence-electron chi connectivity index (χ4n) is 0.554. The van der Waals surface area contributed by atoms with Crippen LogP contribution in [0.2, 0.25) is 0 Å². The molecular weight excluding hydrogens is 368 g/mol. The van der Waals surface area contributed by atoms with Crippen LogP contribution >= 0.6 is 45.2 Å². The lowest BCUT2D eigenvalue weighted by atomic mass is 10.2. The Morgan fingerprint density at radius 2 is 2.45 bits per heavy atom. The smallest absolute Gasteiger partial charge is 0.174 e. The van der Waals surface area contributed by atoms with Crippen LogP contribution in [0.15, 0.2) is 14.9 Å². The number of allylic oxidation sites excluding steroid dienone is 1. The number of nitriles is 1. The monoisotopic (exact) mass is 373 g/mol. The highest BCUT2D eigenvalue weighted by atomic mass is 127. The van der Waals surface area contributed by atoms with E-state index in [2.05, 4.69) is 50.3 Å². The average molecular weight is 373 g/mol. The summed E-state index contributed by atoms with van der Waals surface area (Å²) in [7, 11) is 0. The van der Waals surface area contributed by atoms with E-state index in [1.807, 2.05) is 13.1 Å². The lowest BCUT2D eigenvalue weighted by Crippen LogP contribution is -2.24. The maximum atomic E-state index is 8.49. The Balaban J connectivity index is 2.91. The summed E-state index contributed by atoms with van der Waals surface area (Å²) < 4.78 is 1.05. The fourth-order valence-corrected chi connectivity index (χ4v) is 1.22. The van der Waals surface area contributed by atoms with Gasteiger partial charge in [-0.3, -0.25) is 0 Å². The normalized spacial score (nSPS) is 29.6. The molecule has 1 rings (SSSR count). The lowest BCUT2D eigenvalue weighted by Gasteiger charge is -2.22. The topological polar surface area (TPSA) is 39.4 Å². The van der Waals surface area contributed by atoms with Crippen LogP contribution in [-0.2, 0) is 0 Å². The maximum absolute atomic E-state index is 8.49. The Hall–Kier alpha value is 0.160. The van der Waals surface area contributed by atoms with Crippen LogP contribution in [-0.4, -0.2) is 14.6 Å². The third-order valence-electron chi connectivity index (χ3n) is 1.23. The van der Waals surface area contributed by atoms with Crippen LogP contribution in [0.4, 0.5) is 0 Å². The van der Waals surface area contributed by atoms with Crippen LogP contribution in [0.25, 0.3) is 0 Å². The van der Waals surface area contributed by atoms with Crippen molar-refractivity contribution in [3.05, 3.63) is 9.78 Å². The molecule has 0 fully saturated rings. The summed E-state index contributed by atoms with van der Waals surface area (Å²) in [4.78, 5) is 0. The van der Waals surface area contributed by atoms with Gasteiger partial charge in [0.15, 0.2) is 0 Å². The number of rotatable bonds is 0. The molecule has 58 valence electrons. The maximum Gasteiger partial charge on any atom is 0.206 e. The van der Waals surface area contributed by atoms with Crippen molar-refractivity contribution in [3.8, 4) is 6.19 Å². The van der Waals surface area contributed by atoms with Crippen molar-refractivity contribution in [2.45, 2.75) is 10.3 Å². The predicted molar refractivity (Wildman–Crippen MR) is 60.5 cm³/mol. The second kappa shape index (κ2) is 3.26. The predicted octanol–water partition coefficient (Wildman–Crippen LogP) is 2.24. The Kier molecular flexibility index (Phi) is 2.74. The van der Waals surface area contributed by atoms with Crippen LogP contribution in [0.3, 0.4) is 0 Å². The van der Waals surface area contributed by atoms with Gasteiger partial charge in [-0.25, -0.2) is 0 Å². The van der Waals surface area contributed by atoms with Gasteiger partial charge in [-0.2, -0.15) is 15.4 Å². The Bertz CT molecular complexity index is 261. The minimum absolute atomic E-state index is 0.0499. The first-order valence-electron chi connectivity index (χ1n) is 2.87. The van der Waals surface area contributed by atoms with Crippen LogP contribution in [0, 0.1) is 11.5 Å². The molecule has 1 aliphatic heterocycles. The Morgan fingerprint density at radius 1 is 1.82 bits per heavy atom. The van der Waals surface area contributed by atoms with Crippen molar-refractivity contribution >= 4 is 51.4 Å². The number of hydrogen-bond donors (Lipinski definition) is 0. The van der Waals surface area contributed by atoms with E-state index in [0.29, 0.717) is 0 Å². The first kappa shape index (κ1) is 9.25. The van der Waals surface area contributed by atoms with E-state index >= 15 is 0 Å². The number of nitrogens with zero attached hydrogens (tertiary/aromatic N) is 3. The number of hydrazone groups is 1. The molecule has 0 bridgehead atoms. The molecule has 0 saturated heterocycles. The molecule has 1 atom stereocenters. The van der Waals surface area contributed by atoms with E-state index in [1.165, 1.54) is 5.01 Å². The van der Waals surface area contributed by atoms with Gasteiger partial charge in [-0.15, -0.1) is 0 Å². The van der Waals surface area contributed by atoms with Gasteiger partial charge in [-0.1, -0.05) is 22.6 Å². The highest BCUT2D eigenvalue weighted by molar-refractivity contribution is 14.1. The molecule has 0 spiro atoms. The van der Waals surface area contributed by atoms with Gasteiger partial charge in [-0.05, 0) is 29.5 Å². The molecule has 1 aliphatic rings. The van der Waals surface area contributed by atoms with Gasteiger partial charge in [0.2, 0.25) is 6.19 Å². The highest BCUT2D eigenvalue weighted by Crippen LogP contribution is 2.33. The standard InChI is InChI=1S/C6H5I2N3/c1-6(8)3-10-11(4-9)2-5(6)7/h2-3H,1H3. The van der Waals surface area contributed by atoms with Crippen LogP contribution in [0.5, 0.6) is 0 Å². The van der Waals surface area contributed by atoms with Gasteiger partial charge < -0.3 is 0 Å². The molecule has 3 nitrogen and oxygen atoms in total. The summed E-state index contributed by atoms with van der Waals surface area (Å²) in [5.41, 5.74) is 0. The van der Waals surface area contributed by atoms with E-state index in [9.17, 15) is 0 Å². The molecule has 0 aromatic rings. The van der Waals surface area contributed by atoms with Gasteiger partial charge in [0.1, 0.15) is 0 Å². The van der Waals surface area contributed by atoms with Crippen molar-refractivity contribution in [1.29, 1.82) is 5.26 Å². The summed E-state index contributed by atoms with van der Waals surface area (Å²) in [6.45, 7) is 2.05. The summed E-state index contributed by atoms with van der Waals surface area (Å²) in [6.07, 6.45) is 5.41. The van der Waals surface area contributed by atoms with Crippen molar-refractivity contribution in [2.75, 3.05) is 0 Å². The van der Waals surface area contributed by atoms with Crippen molar-refractivity contribution in [3.63, 3.8) is 0 Å². The number of alkyl halides is 1. The van der Waals surface area contributed by atoms with E-state index in [4.69, 9.17) is 5.26 Å². The third kappa shape index (κ3) is 2.05. The minimum Gasteiger partial charge on any atom is -0.174 e. The van der Waals surface area contributed by atoms with Gasteiger partial charge in [0, 0.05) is 9.79 Å². The van der Waals surface area contributed by atoms with E-state index in [0.717, 1.165) is 3.58 Å². The molecule has 0 radical (unpaired) electrons. The van der Waals surface area contributed by atoms with E-state index in [1.54, 1.807) is 12.4 Å². The molecule has 0 saturated carbocycles. The quantitative estimate of drug-likeness (QED) is 0.371. The molecule has 0 N–H and O–H groups in total. The molecule has 5 heteroatoms. The molecular formula is C6H5I2N3. The molecule has 11 heavy (non-hydrogen) atoms. The summed E-state index contributed by atoms with van der Waals surface area (Å²) in [5.74, 6) is 0. The lowest BCUT2D eigenvalue weighted by molar-refractivity contribution is 0.554. The van der Waals surface area contributed by atoms with E-state index in [-0.39, 0.29) is 3.42 Å². The van der Waals surface area contributed by atoms with Crippen molar-refractivity contribution in [2.24, 2.45) is 5.10 Å². The first-order chi connectivity index (χ1) is 5.06. The summed E-state index contributed by atoms with van der Waals surface area (Å²) in [5, 5.41) is 13.7. The van der Waals surface area contributed by atoms with Gasteiger partial charge in [0.05, 0.1) is 9.62 Å². The van der Waals surface area contributed by atoms with Crippen LogP contribution < -0.4 is 0 Å². The molecule has 1 heterocycles. The van der Waals surface area contributed by atoms with Crippen molar-refractivity contribution in [1.82, 2.24) is 5.01 Å². The minimum atomic E-state index is -0.0499. The molecule has 1 unspecified atom stereocenters. The summed E-state index contributed by atoms with van der Waals surface area (Å²) in [6, 6.07) is 0. The SMILES string of the molecule is CC1(I)C=NN(C#N)C=C1I. The Labute approximate surface area is 92.4 Å². The zero-order chi connectivity index (χ0) is 8.48. The zero-order valence-corrected chi connectivity index (χ0v) is 10.1. The van der Waals surface area contributed by atoms with Crippen LogP contribution in [0.1, 0.15) is 6.92 Å². The van der Waals surface area contributed by atoms with Gasteiger partial charge in [0.25, 0.3) is 0 Å². The first-order valence-corrected chi connectivity index (χ1v) is 5.03. The van der Waals surface area contributed by atoms with E-state index < -0.39 is 0 Å². The fraction of sp³-hybridized carbons (Fsp3) is 0.333. The summed E-state index contributed by atoms with van der Waals surface area (Å²) >= 11 is 4.49. The number of hydrogen-bond acceptors (Lipinski definition) is 3. The molecule has 0 aromatic heterocycles. The number of halogens is 2. The zero-order valence-electron chi connectivity index (χ0n) is 5.75. The molecule has 0 aromatic carbocycles. The average Bonchev–Trinajstić information content (AvgIpc) is 1.95. The second-order valence-electron chi connectivity index (χ2n) is 2.24. The van der Waals surface area contributed by atoms with Crippen molar-refractivity contribution < 1.29 is 0 Å². The molecule has 0 amide bonds. The Morgan fingerprint density at radius 3 is 2.91 bits per heavy atom. The third-order valence-corrected chi connectivity index (χ3v) is 4.52. The van der Waals surface area contributed by atoms with Gasteiger partial charge >= 0.3 is 0 Å². The second-order valence-corrected chi connectivity index (χ2v) is 5.64. The highest BCUT2D eigenvalue weighted by Gasteiger charge is 2.25.